The van der Waals surface area contributed by atoms with Crippen molar-refractivity contribution in [2.24, 2.45) is 0 Å². The molecule has 0 bridgehead atoms. The molecule has 1 aromatic rings. The zero-order valence-electron chi connectivity index (χ0n) is 13.1. The van der Waals surface area contributed by atoms with E-state index in [-0.39, 0.29) is 0 Å². The van der Waals surface area contributed by atoms with E-state index in [0.29, 0.717) is 19.3 Å². The van der Waals surface area contributed by atoms with Gasteiger partial charge in [0.2, 0.25) is 0 Å². The van der Waals surface area contributed by atoms with Gasteiger partial charge in [0.25, 0.3) is 0 Å². The largest absolute Gasteiger partial charge is 0.493 e. The fourth-order valence-electron chi connectivity index (χ4n) is 2.88. The van der Waals surface area contributed by atoms with E-state index in [0.717, 1.165) is 43.9 Å². The van der Waals surface area contributed by atoms with Crippen LogP contribution < -0.4 is 4.74 Å². The lowest BCUT2D eigenvalue weighted by atomic mass is 10.0. The second-order valence-electron chi connectivity index (χ2n) is 5.44. The van der Waals surface area contributed by atoms with Crippen LogP contribution in [0, 0.1) is 0 Å². The van der Waals surface area contributed by atoms with Crippen molar-refractivity contribution in [1.82, 2.24) is 4.90 Å². The van der Waals surface area contributed by atoms with Crippen LogP contribution in [-0.2, 0) is 4.74 Å². The fourth-order valence-corrected chi connectivity index (χ4v) is 2.88. The molecular formula is C17H27NO3. The van der Waals surface area contributed by atoms with E-state index >= 15 is 0 Å². The van der Waals surface area contributed by atoms with Crippen LogP contribution >= 0.6 is 0 Å². The summed E-state index contributed by atoms with van der Waals surface area (Å²) >= 11 is 0. The third-order valence-electron chi connectivity index (χ3n) is 3.95. The number of nitrogens with zero attached hydrogens (tertiary/aromatic N) is 1. The number of benzene rings is 1. The normalized spacial score (nSPS) is 18.6. The number of β-amino-alcohol motifs (C(OH)–C–C–N with tert-alkyl or cyclic N) is 1. The van der Waals surface area contributed by atoms with Crippen molar-refractivity contribution in [2.45, 2.75) is 38.9 Å². The monoisotopic (exact) mass is 293 g/mol. The lowest BCUT2D eigenvalue weighted by molar-refractivity contribution is 0.00303. The predicted octanol–water partition coefficient (Wildman–Crippen LogP) is 2.62. The Balaban J connectivity index is 1.89. The van der Waals surface area contributed by atoms with Crippen LogP contribution in [-0.4, -0.2) is 49.0 Å². The molecule has 1 aliphatic rings. The number of para-hydroxylation sites is 1. The van der Waals surface area contributed by atoms with Gasteiger partial charge in [-0.15, -0.1) is 0 Å². The molecule has 0 saturated carbocycles. The minimum absolute atomic E-state index is 0.388. The first-order chi connectivity index (χ1) is 10.2. The Kier molecular flexibility index (Phi) is 6.49. The van der Waals surface area contributed by atoms with Crippen LogP contribution in [0.2, 0.25) is 0 Å². The molecule has 1 unspecified atom stereocenters. The van der Waals surface area contributed by atoms with Gasteiger partial charge in [-0.2, -0.15) is 0 Å². The number of hydrogen-bond donors (Lipinski definition) is 1. The van der Waals surface area contributed by atoms with Crippen molar-refractivity contribution in [2.75, 3.05) is 32.8 Å². The Bertz CT molecular complexity index is 416. The molecule has 0 amide bonds. The standard InChI is InChI=1S/C17H27NO3/c1-3-20-14-9-11-18(12-10-14)13-16(19)15-7-5-6-8-17(15)21-4-2/h5-8,14,16,19H,3-4,9-13H2,1-2H3. The molecule has 0 aliphatic carbocycles. The van der Waals surface area contributed by atoms with Gasteiger partial charge in [0, 0.05) is 31.8 Å². The highest BCUT2D eigenvalue weighted by atomic mass is 16.5. The number of rotatable bonds is 7. The van der Waals surface area contributed by atoms with Crippen LogP contribution in [0.15, 0.2) is 24.3 Å². The molecule has 118 valence electrons. The minimum Gasteiger partial charge on any atom is -0.493 e. The molecule has 21 heavy (non-hydrogen) atoms. The molecule has 1 heterocycles. The molecule has 1 aliphatic heterocycles. The maximum Gasteiger partial charge on any atom is 0.125 e. The maximum absolute atomic E-state index is 10.5. The third-order valence-corrected chi connectivity index (χ3v) is 3.95. The summed E-state index contributed by atoms with van der Waals surface area (Å²) in [6, 6.07) is 7.75. The van der Waals surface area contributed by atoms with Crippen LogP contribution in [0.5, 0.6) is 5.75 Å². The molecule has 0 aromatic heterocycles. The number of likely N-dealkylation sites (tertiary alicyclic amines) is 1. The molecule has 1 fully saturated rings. The van der Waals surface area contributed by atoms with Crippen molar-refractivity contribution >= 4 is 0 Å². The maximum atomic E-state index is 10.5. The zero-order valence-corrected chi connectivity index (χ0v) is 13.1. The number of aliphatic hydroxyl groups excluding tert-OH is 1. The Labute approximate surface area is 127 Å². The topological polar surface area (TPSA) is 41.9 Å². The van der Waals surface area contributed by atoms with E-state index < -0.39 is 6.10 Å². The summed E-state index contributed by atoms with van der Waals surface area (Å²) in [5, 5.41) is 10.5. The van der Waals surface area contributed by atoms with Crippen LogP contribution in [0.1, 0.15) is 38.4 Å². The summed E-state index contributed by atoms with van der Waals surface area (Å²) < 4.78 is 11.3. The molecule has 0 radical (unpaired) electrons. The Morgan fingerprint density at radius 3 is 2.57 bits per heavy atom. The van der Waals surface area contributed by atoms with Gasteiger partial charge in [0.15, 0.2) is 0 Å². The van der Waals surface area contributed by atoms with Gasteiger partial charge in [-0.05, 0) is 32.8 Å². The van der Waals surface area contributed by atoms with Gasteiger partial charge in [-0.1, -0.05) is 18.2 Å². The quantitative estimate of drug-likeness (QED) is 0.839. The lowest BCUT2D eigenvalue weighted by Gasteiger charge is -2.33. The summed E-state index contributed by atoms with van der Waals surface area (Å²) in [5.41, 5.74) is 0.881. The van der Waals surface area contributed by atoms with Crippen molar-refractivity contribution in [3.63, 3.8) is 0 Å². The Hall–Kier alpha value is -1.10. The summed E-state index contributed by atoms with van der Waals surface area (Å²) in [5.74, 6) is 0.789. The predicted molar refractivity (Wildman–Crippen MR) is 83.7 cm³/mol. The van der Waals surface area contributed by atoms with Crippen LogP contribution in [0.25, 0.3) is 0 Å². The number of hydrogen-bond acceptors (Lipinski definition) is 4. The van der Waals surface area contributed by atoms with Crippen molar-refractivity contribution < 1.29 is 14.6 Å². The molecule has 1 atom stereocenters. The van der Waals surface area contributed by atoms with Gasteiger partial charge in [0.05, 0.1) is 18.8 Å². The SMILES string of the molecule is CCOc1ccccc1C(O)CN1CCC(OCC)CC1. The minimum atomic E-state index is -0.503. The zero-order chi connectivity index (χ0) is 15.1. The van der Waals surface area contributed by atoms with E-state index in [9.17, 15) is 5.11 Å². The van der Waals surface area contributed by atoms with E-state index in [1.807, 2.05) is 38.1 Å². The first-order valence-corrected chi connectivity index (χ1v) is 7.98. The van der Waals surface area contributed by atoms with Gasteiger partial charge >= 0.3 is 0 Å². The Morgan fingerprint density at radius 1 is 1.19 bits per heavy atom. The van der Waals surface area contributed by atoms with Gasteiger partial charge < -0.3 is 19.5 Å². The highest BCUT2D eigenvalue weighted by molar-refractivity contribution is 5.35. The third kappa shape index (κ3) is 4.70. The highest BCUT2D eigenvalue weighted by Gasteiger charge is 2.22. The fraction of sp³-hybridized carbons (Fsp3) is 0.647. The first kappa shape index (κ1) is 16.3. The first-order valence-electron chi connectivity index (χ1n) is 7.98. The van der Waals surface area contributed by atoms with Crippen molar-refractivity contribution in [3.8, 4) is 5.75 Å². The van der Waals surface area contributed by atoms with Gasteiger partial charge in [-0.3, -0.25) is 0 Å². The van der Waals surface area contributed by atoms with Crippen LogP contribution in [0.3, 0.4) is 0 Å². The number of ether oxygens (including phenoxy) is 2. The molecular weight excluding hydrogens is 266 g/mol. The summed E-state index contributed by atoms with van der Waals surface area (Å²) in [7, 11) is 0. The van der Waals surface area contributed by atoms with Crippen molar-refractivity contribution in [1.29, 1.82) is 0 Å². The number of piperidine rings is 1. The smallest absolute Gasteiger partial charge is 0.125 e. The van der Waals surface area contributed by atoms with E-state index in [4.69, 9.17) is 9.47 Å². The average molecular weight is 293 g/mol. The molecule has 0 spiro atoms. The van der Waals surface area contributed by atoms with E-state index in [1.54, 1.807) is 0 Å². The molecule has 1 aromatic carbocycles. The molecule has 4 nitrogen and oxygen atoms in total. The average Bonchev–Trinajstić information content (AvgIpc) is 2.50. The van der Waals surface area contributed by atoms with E-state index in [2.05, 4.69) is 4.90 Å². The highest BCUT2D eigenvalue weighted by Crippen LogP contribution is 2.26. The van der Waals surface area contributed by atoms with Gasteiger partial charge in [-0.25, -0.2) is 0 Å². The van der Waals surface area contributed by atoms with Crippen molar-refractivity contribution in [3.05, 3.63) is 29.8 Å². The molecule has 2 rings (SSSR count). The van der Waals surface area contributed by atoms with Gasteiger partial charge in [0.1, 0.15) is 5.75 Å². The summed E-state index contributed by atoms with van der Waals surface area (Å²) in [6.45, 7) is 8.03. The van der Waals surface area contributed by atoms with Crippen LogP contribution in [0.4, 0.5) is 0 Å². The summed E-state index contributed by atoms with van der Waals surface area (Å²) in [6.07, 6.45) is 1.98. The molecule has 1 N–H and O–H groups in total. The van der Waals surface area contributed by atoms with E-state index in [1.165, 1.54) is 0 Å². The lowest BCUT2D eigenvalue weighted by Crippen LogP contribution is -2.39. The molecule has 1 saturated heterocycles. The second kappa shape index (κ2) is 8.37. The summed E-state index contributed by atoms with van der Waals surface area (Å²) in [4.78, 5) is 2.31. The Morgan fingerprint density at radius 2 is 1.90 bits per heavy atom. The molecule has 4 heteroatoms. The number of aliphatic hydroxyl groups is 1. The second-order valence-corrected chi connectivity index (χ2v) is 5.44.